The van der Waals surface area contributed by atoms with Gasteiger partial charge in [-0.25, -0.2) is 4.79 Å². The molecule has 2 unspecified atom stereocenters. The van der Waals surface area contributed by atoms with E-state index in [-0.39, 0.29) is 18.1 Å². The van der Waals surface area contributed by atoms with Gasteiger partial charge in [0, 0.05) is 31.6 Å². The Morgan fingerprint density at radius 3 is 1.96 bits per heavy atom. The van der Waals surface area contributed by atoms with Crippen molar-refractivity contribution in [2.75, 3.05) is 0 Å². The molecule has 3 rings (SSSR count). The average Bonchev–Trinajstić information content (AvgIpc) is 2.63. The molecule has 0 radical (unpaired) electrons. The van der Waals surface area contributed by atoms with Crippen LogP contribution in [0, 0.1) is 5.92 Å². The Labute approximate surface area is 156 Å². The molecule has 0 aromatic heterocycles. The van der Waals surface area contributed by atoms with Gasteiger partial charge in [0.15, 0.2) is 0 Å². The Hall–Kier alpha value is -2.39. The van der Waals surface area contributed by atoms with Crippen LogP contribution in [0.5, 0.6) is 0 Å². The first-order chi connectivity index (χ1) is 12.6. The molecule has 2 aromatic rings. The lowest BCUT2D eigenvalue weighted by Gasteiger charge is -2.39. The maximum absolute atomic E-state index is 11.8. The van der Waals surface area contributed by atoms with Gasteiger partial charge in [0.2, 0.25) is 0 Å². The van der Waals surface area contributed by atoms with Gasteiger partial charge < -0.3 is 4.74 Å². The molecule has 3 nitrogen and oxygen atoms in total. The zero-order valence-electron chi connectivity index (χ0n) is 15.5. The number of nitrogens with zero attached hydrogens (tertiary/aromatic N) is 1. The molecule has 2 atom stereocenters. The first-order valence-corrected chi connectivity index (χ1v) is 9.32. The smallest absolute Gasteiger partial charge is 0.330 e. The number of hydrogen-bond donors (Lipinski definition) is 0. The van der Waals surface area contributed by atoms with Crippen LogP contribution in [-0.2, 0) is 22.6 Å². The zero-order chi connectivity index (χ0) is 18.4. The maximum atomic E-state index is 11.8. The molecule has 0 N–H and O–H groups in total. The fourth-order valence-corrected chi connectivity index (χ4v) is 3.73. The third-order valence-corrected chi connectivity index (χ3v) is 4.83. The van der Waals surface area contributed by atoms with Gasteiger partial charge in [0.1, 0.15) is 6.10 Å². The highest BCUT2D eigenvalue weighted by Crippen LogP contribution is 2.26. The third kappa shape index (κ3) is 4.83. The first-order valence-electron chi connectivity index (χ1n) is 9.32. The van der Waals surface area contributed by atoms with Crippen molar-refractivity contribution in [3.05, 3.63) is 83.9 Å². The van der Waals surface area contributed by atoms with Crippen LogP contribution < -0.4 is 0 Å². The Kier molecular flexibility index (Phi) is 6.24. The predicted molar refractivity (Wildman–Crippen MR) is 104 cm³/mol. The summed E-state index contributed by atoms with van der Waals surface area (Å²) >= 11 is 0. The second-order valence-electron chi connectivity index (χ2n) is 7.22. The molecule has 1 aliphatic heterocycles. The van der Waals surface area contributed by atoms with E-state index in [1.165, 1.54) is 17.2 Å². The summed E-state index contributed by atoms with van der Waals surface area (Å²) < 4.78 is 5.70. The van der Waals surface area contributed by atoms with Crippen molar-refractivity contribution >= 4 is 5.97 Å². The van der Waals surface area contributed by atoms with Crippen molar-refractivity contribution in [3.8, 4) is 0 Å². The van der Waals surface area contributed by atoms with Crippen LogP contribution in [0.25, 0.3) is 0 Å². The van der Waals surface area contributed by atoms with E-state index in [2.05, 4.69) is 67.3 Å². The summed E-state index contributed by atoms with van der Waals surface area (Å²) in [5, 5.41) is 0. The van der Waals surface area contributed by atoms with E-state index in [9.17, 15) is 4.79 Å². The molecule has 2 aromatic carbocycles. The molecule has 26 heavy (non-hydrogen) atoms. The van der Waals surface area contributed by atoms with E-state index in [1.54, 1.807) is 0 Å². The number of carbonyl (C=O) groups is 1. The van der Waals surface area contributed by atoms with Crippen molar-refractivity contribution in [2.45, 2.75) is 45.5 Å². The van der Waals surface area contributed by atoms with Crippen molar-refractivity contribution in [1.29, 1.82) is 0 Å². The molecule has 0 fully saturated rings. The Morgan fingerprint density at radius 2 is 1.50 bits per heavy atom. The number of esters is 1. The van der Waals surface area contributed by atoms with Crippen LogP contribution in [-0.4, -0.2) is 23.0 Å². The van der Waals surface area contributed by atoms with E-state index in [0.717, 1.165) is 19.5 Å². The Bertz CT molecular complexity index is 683. The molecular formula is C23H27NO2. The third-order valence-electron chi connectivity index (χ3n) is 4.83. The Morgan fingerprint density at radius 1 is 0.962 bits per heavy atom. The second kappa shape index (κ2) is 8.81. The Balaban J connectivity index is 1.88. The number of ether oxygens (including phenoxy) is 1. The summed E-state index contributed by atoms with van der Waals surface area (Å²) in [4.78, 5) is 14.3. The summed E-state index contributed by atoms with van der Waals surface area (Å²) in [6.45, 7) is 6.08. The summed E-state index contributed by atoms with van der Waals surface area (Å²) in [6, 6.07) is 21.1. The van der Waals surface area contributed by atoms with Crippen LogP contribution in [0.4, 0.5) is 0 Å². The highest BCUT2D eigenvalue weighted by atomic mass is 16.5. The first kappa shape index (κ1) is 18.4. The molecule has 0 spiro atoms. The highest BCUT2D eigenvalue weighted by molar-refractivity contribution is 5.82. The number of benzene rings is 2. The number of rotatable bonds is 7. The molecule has 0 saturated carbocycles. The molecule has 0 bridgehead atoms. The van der Waals surface area contributed by atoms with Crippen molar-refractivity contribution in [1.82, 2.24) is 4.90 Å². The van der Waals surface area contributed by atoms with Gasteiger partial charge in [-0.2, -0.15) is 0 Å². The minimum Gasteiger partial charge on any atom is -0.457 e. The molecule has 1 aliphatic rings. The summed E-state index contributed by atoms with van der Waals surface area (Å²) in [5.74, 6) is 0.137. The van der Waals surface area contributed by atoms with Gasteiger partial charge in [0.25, 0.3) is 0 Å². The fourth-order valence-electron chi connectivity index (χ4n) is 3.73. The zero-order valence-corrected chi connectivity index (χ0v) is 15.5. The van der Waals surface area contributed by atoms with Crippen molar-refractivity contribution in [2.24, 2.45) is 5.92 Å². The van der Waals surface area contributed by atoms with Gasteiger partial charge in [0.05, 0.1) is 0 Å². The SMILES string of the molecule is CC(C)C(C1CC=CC(=O)O1)N(Cc1ccccc1)Cc1ccccc1. The minimum atomic E-state index is -0.230. The lowest BCUT2D eigenvalue weighted by Crippen LogP contribution is -2.48. The lowest BCUT2D eigenvalue weighted by atomic mass is 9.92. The topological polar surface area (TPSA) is 29.5 Å². The van der Waals surface area contributed by atoms with Crippen LogP contribution in [0.3, 0.4) is 0 Å². The molecule has 0 saturated heterocycles. The summed E-state index contributed by atoms with van der Waals surface area (Å²) in [5.41, 5.74) is 2.54. The molecule has 1 heterocycles. The van der Waals surface area contributed by atoms with Crippen LogP contribution in [0.15, 0.2) is 72.8 Å². The van der Waals surface area contributed by atoms with Crippen molar-refractivity contribution in [3.63, 3.8) is 0 Å². The lowest BCUT2D eigenvalue weighted by molar-refractivity contribution is -0.149. The molecular weight excluding hydrogens is 322 g/mol. The van der Waals surface area contributed by atoms with E-state index in [0.29, 0.717) is 5.92 Å². The van der Waals surface area contributed by atoms with Crippen LogP contribution in [0.1, 0.15) is 31.4 Å². The fraction of sp³-hybridized carbons (Fsp3) is 0.348. The second-order valence-corrected chi connectivity index (χ2v) is 7.22. The quantitative estimate of drug-likeness (QED) is 0.685. The molecule has 0 aliphatic carbocycles. The van der Waals surface area contributed by atoms with Crippen LogP contribution in [0.2, 0.25) is 0 Å². The van der Waals surface area contributed by atoms with Gasteiger partial charge in [-0.3, -0.25) is 4.90 Å². The van der Waals surface area contributed by atoms with E-state index in [4.69, 9.17) is 4.74 Å². The average molecular weight is 349 g/mol. The molecule has 0 amide bonds. The van der Waals surface area contributed by atoms with Crippen molar-refractivity contribution < 1.29 is 9.53 Å². The van der Waals surface area contributed by atoms with E-state index in [1.807, 2.05) is 18.2 Å². The summed E-state index contributed by atoms with van der Waals surface area (Å²) in [7, 11) is 0. The maximum Gasteiger partial charge on any atom is 0.330 e. The summed E-state index contributed by atoms with van der Waals surface area (Å²) in [6.07, 6.45) is 4.14. The number of hydrogen-bond acceptors (Lipinski definition) is 3. The van der Waals surface area contributed by atoms with Gasteiger partial charge in [-0.1, -0.05) is 80.6 Å². The highest BCUT2D eigenvalue weighted by Gasteiger charge is 2.33. The van der Waals surface area contributed by atoms with Gasteiger partial charge >= 0.3 is 5.97 Å². The number of cyclic esters (lactones) is 1. The normalized spacial score (nSPS) is 18.2. The van der Waals surface area contributed by atoms with Gasteiger partial charge in [-0.05, 0) is 17.0 Å². The number of carbonyl (C=O) groups excluding carboxylic acids is 1. The van der Waals surface area contributed by atoms with Crippen LogP contribution >= 0.6 is 0 Å². The van der Waals surface area contributed by atoms with E-state index >= 15 is 0 Å². The molecule has 136 valence electrons. The monoisotopic (exact) mass is 349 g/mol. The van der Waals surface area contributed by atoms with E-state index < -0.39 is 0 Å². The molecule has 3 heteroatoms. The predicted octanol–water partition coefficient (Wildman–Crippen LogP) is 4.59. The standard InChI is InChI=1S/C23H27NO2/c1-18(2)23(21-14-9-15-22(25)26-21)24(16-19-10-5-3-6-11-19)17-20-12-7-4-8-13-20/h3-13,15,18,21,23H,14,16-17H2,1-2H3. The largest absolute Gasteiger partial charge is 0.457 e. The minimum absolute atomic E-state index is 0.111. The van der Waals surface area contributed by atoms with Gasteiger partial charge in [-0.15, -0.1) is 0 Å².